The van der Waals surface area contributed by atoms with E-state index in [1.54, 1.807) is 48.5 Å². The van der Waals surface area contributed by atoms with Crippen molar-refractivity contribution in [3.05, 3.63) is 65.2 Å². The van der Waals surface area contributed by atoms with Crippen molar-refractivity contribution >= 4 is 23.4 Å². The molecule has 3 unspecified atom stereocenters. The van der Waals surface area contributed by atoms with Crippen LogP contribution in [0.2, 0.25) is 0 Å². The number of amides is 3. The Bertz CT molecular complexity index is 1110. The summed E-state index contributed by atoms with van der Waals surface area (Å²) < 4.78 is 0. The lowest BCUT2D eigenvalue weighted by molar-refractivity contribution is -0.133. The van der Waals surface area contributed by atoms with Gasteiger partial charge in [-0.05, 0) is 61.9 Å². The molecule has 3 amide bonds. The first-order valence-corrected chi connectivity index (χ1v) is 11.2. The molecule has 1 aliphatic heterocycles. The fourth-order valence-corrected chi connectivity index (χ4v) is 3.60. The van der Waals surface area contributed by atoms with E-state index in [0.29, 0.717) is 17.8 Å². The normalized spacial score (nSPS) is 17.0. The summed E-state index contributed by atoms with van der Waals surface area (Å²) in [6.45, 7) is 3.20. The minimum atomic E-state index is -1.29. The highest BCUT2D eigenvalue weighted by molar-refractivity contribution is 5.97. The van der Waals surface area contributed by atoms with Crippen LogP contribution in [0.25, 0.3) is 0 Å². The molecule has 10 heteroatoms. The van der Waals surface area contributed by atoms with Crippen LogP contribution in [-0.2, 0) is 9.59 Å². The van der Waals surface area contributed by atoms with Gasteiger partial charge in [0.05, 0.1) is 12.6 Å². The molecule has 35 heavy (non-hydrogen) atoms. The zero-order chi connectivity index (χ0) is 25.4. The van der Waals surface area contributed by atoms with Crippen LogP contribution in [0.1, 0.15) is 34.8 Å². The maximum absolute atomic E-state index is 12.3. The number of hydrogen-bond donors (Lipinski definition) is 6. The minimum absolute atomic E-state index is 0.0844. The summed E-state index contributed by atoms with van der Waals surface area (Å²) in [5.41, 5.74) is 9.66. The molecule has 2 aromatic rings. The molecule has 10 nitrogen and oxygen atoms in total. The van der Waals surface area contributed by atoms with Crippen LogP contribution in [0.4, 0.5) is 5.69 Å². The molecular weight excluding hydrogens is 450 g/mol. The zero-order valence-electron chi connectivity index (χ0n) is 19.3. The van der Waals surface area contributed by atoms with Gasteiger partial charge in [-0.1, -0.05) is 11.8 Å². The van der Waals surface area contributed by atoms with Gasteiger partial charge < -0.3 is 21.5 Å². The molecular formula is C25H29N5O5. The van der Waals surface area contributed by atoms with Crippen LogP contribution in [-0.4, -0.2) is 70.8 Å². The van der Waals surface area contributed by atoms with E-state index in [9.17, 15) is 19.5 Å². The Hall–Kier alpha value is -3.75. The molecule has 3 rings (SSSR count). The molecule has 3 atom stereocenters. The van der Waals surface area contributed by atoms with Gasteiger partial charge in [-0.2, -0.15) is 0 Å². The second-order valence-electron chi connectivity index (χ2n) is 8.40. The summed E-state index contributed by atoms with van der Waals surface area (Å²) in [7, 11) is 0. The van der Waals surface area contributed by atoms with Crippen molar-refractivity contribution in [1.29, 1.82) is 0 Å². The predicted octanol–water partition coefficient (Wildman–Crippen LogP) is 0.0425. The summed E-state index contributed by atoms with van der Waals surface area (Å²) >= 11 is 0. The SMILES string of the molecule is CC(O)C(NC(=O)c1ccc(C#Cc2ccc(NC(=O)CN3CCC(N)C3)cc2)cc1)C(=O)NO. The third-order valence-electron chi connectivity index (χ3n) is 5.50. The Morgan fingerprint density at radius 3 is 2.20 bits per heavy atom. The summed E-state index contributed by atoms with van der Waals surface area (Å²) in [5, 5.41) is 23.6. The number of nitrogens with two attached hydrogens (primary N) is 1. The number of hydroxylamine groups is 1. The number of aliphatic hydroxyl groups excluding tert-OH is 1. The lowest BCUT2D eigenvalue weighted by atomic mass is 10.1. The van der Waals surface area contributed by atoms with E-state index in [1.807, 2.05) is 4.90 Å². The second kappa shape index (κ2) is 12.1. The first-order chi connectivity index (χ1) is 16.7. The third-order valence-corrected chi connectivity index (χ3v) is 5.50. The van der Waals surface area contributed by atoms with Gasteiger partial charge in [0.1, 0.15) is 6.04 Å². The number of hydrogen-bond acceptors (Lipinski definition) is 7. The monoisotopic (exact) mass is 479 g/mol. The van der Waals surface area contributed by atoms with Crippen molar-refractivity contribution in [2.75, 3.05) is 25.0 Å². The Morgan fingerprint density at radius 2 is 1.69 bits per heavy atom. The van der Waals surface area contributed by atoms with E-state index in [4.69, 9.17) is 10.9 Å². The fourth-order valence-electron chi connectivity index (χ4n) is 3.60. The summed E-state index contributed by atoms with van der Waals surface area (Å²) in [4.78, 5) is 38.1. The lowest BCUT2D eigenvalue weighted by Gasteiger charge is -2.19. The van der Waals surface area contributed by atoms with Gasteiger partial charge in [0, 0.05) is 41.5 Å². The molecule has 0 aromatic heterocycles. The van der Waals surface area contributed by atoms with Gasteiger partial charge in [0.15, 0.2) is 0 Å². The fraction of sp³-hybridized carbons (Fsp3) is 0.320. The van der Waals surface area contributed by atoms with Crippen LogP contribution in [0.15, 0.2) is 48.5 Å². The van der Waals surface area contributed by atoms with Gasteiger partial charge in [0.2, 0.25) is 5.91 Å². The molecule has 0 spiro atoms. The van der Waals surface area contributed by atoms with Gasteiger partial charge in [-0.15, -0.1) is 0 Å². The number of nitrogens with zero attached hydrogens (tertiary/aromatic N) is 1. The van der Waals surface area contributed by atoms with Crippen molar-refractivity contribution in [1.82, 2.24) is 15.7 Å². The predicted molar refractivity (Wildman–Crippen MR) is 129 cm³/mol. The standard InChI is InChI=1S/C25H29N5O5/c1-16(31)23(25(34)29-35)28-24(33)19-8-4-17(5-9-19)2-3-18-6-10-21(11-7-18)27-22(32)15-30-13-12-20(26)14-30/h4-11,16,20,23,31,35H,12-15,26H2,1H3,(H,27,32)(H,28,33)(H,29,34). The Labute approximate surface area is 203 Å². The Balaban J connectivity index is 1.55. The molecule has 1 fully saturated rings. The third kappa shape index (κ3) is 7.63. The Morgan fingerprint density at radius 1 is 1.09 bits per heavy atom. The number of anilines is 1. The molecule has 1 heterocycles. The quantitative estimate of drug-likeness (QED) is 0.186. The summed E-state index contributed by atoms with van der Waals surface area (Å²) in [6.07, 6.45) is -0.288. The molecule has 1 aliphatic rings. The van der Waals surface area contributed by atoms with Crippen LogP contribution in [0, 0.1) is 11.8 Å². The molecule has 184 valence electrons. The zero-order valence-corrected chi connectivity index (χ0v) is 19.3. The molecule has 0 bridgehead atoms. The van der Waals surface area contributed by atoms with Gasteiger partial charge in [0.25, 0.3) is 11.8 Å². The van der Waals surface area contributed by atoms with Crippen molar-refractivity contribution in [3.63, 3.8) is 0 Å². The number of carbonyl (C=O) groups excluding carboxylic acids is 3. The largest absolute Gasteiger partial charge is 0.391 e. The summed E-state index contributed by atoms with van der Waals surface area (Å²) in [5.74, 6) is 4.44. The number of rotatable bonds is 7. The first-order valence-electron chi connectivity index (χ1n) is 11.2. The highest BCUT2D eigenvalue weighted by Crippen LogP contribution is 2.11. The maximum atomic E-state index is 12.3. The molecule has 0 aliphatic carbocycles. The van der Waals surface area contributed by atoms with Gasteiger partial charge >= 0.3 is 0 Å². The summed E-state index contributed by atoms with van der Waals surface area (Å²) in [6, 6.07) is 12.4. The topological polar surface area (TPSA) is 157 Å². The number of likely N-dealkylation sites (tertiary alicyclic amines) is 1. The van der Waals surface area contributed by atoms with Crippen molar-refractivity contribution in [2.24, 2.45) is 5.73 Å². The number of benzene rings is 2. The number of nitrogens with one attached hydrogen (secondary N) is 3. The Kier molecular flexibility index (Phi) is 8.94. The van der Waals surface area contributed by atoms with E-state index < -0.39 is 24.0 Å². The van der Waals surface area contributed by atoms with Crippen molar-refractivity contribution < 1.29 is 24.7 Å². The van der Waals surface area contributed by atoms with E-state index in [1.165, 1.54) is 12.4 Å². The van der Waals surface area contributed by atoms with E-state index in [0.717, 1.165) is 25.1 Å². The molecule has 1 saturated heterocycles. The first kappa shape index (κ1) is 25.9. The number of aliphatic hydroxyl groups is 1. The van der Waals surface area contributed by atoms with E-state index in [2.05, 4.69) is 22.5 Å². The average molecular weight is 480 g/mol. The smallest absolute Gasteiger partial charge is 0.268 e. The lowest BCUT2D eigenvalue weighted by Crippen LogP contribution is -2.51. The minimum Gasteiger partial charge on any atom is -0.391 e. The maximum Gasteiger partial charge on any atom is 0.268 e. The average Bonchev–Trinajstić information content (AvgIpc) is 3.25. The van der Waals surface area contributed by atoms with Gasteiger partial charge in [-0.3, -0.25) is 24.5 Å². The molecule has 0 radical (unpaired) electrons. The highest BCUT2D eigenvalue weighted by atomic mass is 16.5. The van der Waals surface area contributed by atoms with E-state index in [-0.39, 0.29) is 17.5 Å². The van der Waals surface area contributed by atoms with Crippen LogP contribution in [0.3, 0.4) is 0 Å². The van der Waals surface area contributed by atoms with Crippen LogP contribution < -0.4 is 21.8 Å². The molecule has 2 aromatic carbocycles. The van der Waals surface area contributed by atoms with E-state index >= 15 is 0 Å². The van der Waals surface area contributed by atoms with Crippen molar-refractivity contribution in [3.8, 4) is 11.8 Å². The molecule has 7 N–H and O–H groups in total. The second-order valence-corrected chi connectivity index (χ2v) is 8.40. The van der Waals surface area contributed by atoms with Crippen LogP contribution in [0.5, 0.6) is 0 Å². The van der Waals surface area contributed by atoms with Crippen molar-refractivity contribution in [2.45, 2.75) is 31.5 Å². The van der Waals surface area contributed by atoms with Crippen LogP contribution >= 0.6 is 0 Å². The molecule has 0 saturated carbocycles. The van der Waals surface area contributed by atoms with Gasteiger partial charge in [-0.25, -0.2) is 5.48 Å². The highest BCUT2D eigenvalue weighted by Gasteiger charge is 2.25. The number of carbonyl (C=O) groups is 3.